The first-order valence-electron chi connectivity index (χ1n) is 6.74. The second-order valence-corrected chi connectivity index (χ2v) is 5.63. The summed E-state index contributed by atoms with van der Waals surface area (Å²) >= 11 is 3.38. The average Bonchev–Trinajstić information content (AvgIpc) is 2.50. The number of halogens is 1. The van der Waals surface area contributed by atoms with Crippen LogP contribution in [0.2, 0.25) is 0 Å². The number of carbonyl (C=O) groups is 1. The molecule has 2 rings (SSSR count). The van der Waals surface area contributed by atoms with Crippen LogP contribution in [0, 0.1) is 0 Å². The number of nitrogens with zero attached hydrogens (tertiary/aromatic N) is 2. The van der Waals surface area contributed by atoms with Crippen LogP contribution in [-0.4, -0.2) is 21.9 Å². The van der Waals surface area contributed by atoms with E-state index in [0.29, 0.717) is 11.5 Å². The molecule has 21 heavy (non-hydrogen) atoms. The molecule has 1 unspecified atom stereocenters. The van der Waals surface area contributed by atoms with Crippen LogP contribution in [0.3, 0.4) is 0 Å². The van der Waals surface area contributed by atoms with Crippen LogP contribution >= 0.6 is 15.9 Å². The number of aromatic nitrogens is 2. The molecule has 1 aromatic heterocycles. The van der Waals surface area contributed by atoms with Gasteiger partial charge in [0.2, 0.25) is 5.95 Å². The van der Waals surface area contributed by atoms with Gasteiger partial charge in [0.05, 0.1) is 5.56 Å². The van der Waals surface area contributed by atoms with E-state index >= 15 is 0 Å². The topological polar surface area (TPSA) is 66.9 Å². The van der Waals surface area contributed by atoms with E-state index in [9.17, 15) is 4.79 Å². The average molecular weight is 349 g/mol. The van der Waals surface area contributed by atoms with Gasteiger partial charge in [-0.05, 0) is 37.6 Å². The zero-order valence-corrected chi connectivity index (χ0v) is 13.5. The van der Waals surface area contributed by atoms with Gasteiger partial charge in [0.15, 0.2) is 0 Å². The highest BCUT2D eigenvalue weighted by Gasteiger charge is 2.09. The molecule has 0 aliphatic carbocycles. The number of hydrogen-bond acceptors (Lipinski definition) is 4. The lowest BCUT2D eigenvalue weighted by Gasteiger charge is -2.11. The normalized spacial score (nSPS) is 11.8. The van der Waals surface area contributed by atoms with E-state index in [1.54, 1.807) is 0 Å². The maximum absolute atomic E-state index is 11.9. The summed E-state index contributed by atoms with van der Waals surface area (Å²) in [5.41, 5.74) is 1.34. The molecule has 2 N–H and O–H groups in total. The molecule has 0 bridgehead atoms. The third-order valence-electron chi connectivity index (χ3n) is 3.00. The van der Waals surface area contributed by atoms with Crippen LogP contribution in [0.4, 0.5) is 11.6 Å². The SMILES string of the molecule is CCC(C)NC(=O)c1cnc(Nc2ccc(Br)cc2)nc1. The first-order valence-corrected chi connectivity index (χ1v) is 7.53. The fourth-order valence-corrected chi connectivity index (χ4v) is 1.85. The molecule has 6 heteroatoms. The number of nitrogens with one attached hydrogen (secondary N) is 2. The summed E-state index contributed by atoms with van der Waals surface area (Å²) < 4.78 is 1.01. The molecule has 0 aliphatic rings. The van der Waals surface area contributed by atoms with E-state index in [4.69, 9.17) is 0 Å². The molecule has 1 atom stereocenters. The van der Waals surface area contributed by atoms with Crippen LogP contribution in [0.1, 0.15) is 30.6 Å². The van der Waals surface area contributed by atoms with Crippen LogP contribution in [0.5, 0.6) is 0 Å². The Kier molecular flexibility index (Phi) is 5.27. The van der Waals surface area contributed by atoms with Crippen molar-refractivity contribution < 1.29 is 4.79 Å². The maximum atomic E-state index is 11.9. The lowest BCUT2D eigenvalue weighted by atomic mass is 10.2. The Morgan fingerprint density at radius 2 is 1.86 bits per heavy atom. The number of amides is 1. The molecule has 2 aromatic rings. The standard InChI is InChI=1S/C15H17BrN4O/c1-3-10(2)19-14(21)11-8-17-15(18-9-11)20-13-6-4-12(16)5-7-13/h4-10H,3H2,1-2H3,(H,19,21)(H,17,18,20). The fraction of sp³-hybridized carbons (Fsp3) is 0.267. The van der Waals surface area contributed by atoms with Crippen molar-refractivity contribution in [3.8, 4) is 0 Å². The highest BCUT2D eigenvalue weighted by Crippen LogP contribution is 2.16. The smallest absolute Gasteiger partial charge is 0.254 e. The molecular formula is C15H17BrN4O. The zero-order chi connectivity index (χ0) is 15.2. The molecule has 5 nitrogen and oxygen atoms in total. The first kappa shape index (κ1) is 15.4. The highest BCUT2D eigenvalue weighted by atomic mass is 79.9. The van der Waals surface area contributed by atoms with Gasteiger partial charge in [0.25, 0.3) is 5.91 Å². The Morgan fingerprint density at radius 1 is 1.24 bits per heavy atom. The maximum Gasteiger partial charge on any atom is 0.254 e. The third kappa shape index (κ3) is 4.53. The first-order chi connectivity index (χ1) is 10.1. The summed E-state index contributed by atoms with van der Waals surface area (Å²) in [6, 6.07) is 7.82. The summed E-state index contributed by atoms with van der Waals surface area (Å²) in [5.74, 6) is 0.303. The minimum atomic E-state index is -0.153. The third-order valence-corrected chi connectivity index (χ3v) is 3.53. The van der Waals surface area contributed by atoms with Crippen LogP contribution in [-0.2, 0) is 0 Å². The van der Waals surface area contributed by atoms with Gasteiger partial charge in [0, 0.05) is 28.6 Å². The Balaban J connectivity index is 2.01. The quantitative estimate of drug-likeness (QED) is 0.867. The van der Waals surface area contributed by atoms with Crippen molar-refractivity contribution in [3.05, 3.63) is 46.7 Å². The van der Waals surface area contributed by atoms with E-state index in [2.05, 4.69) is 36.5 Å². The Bertz CT molecular complexity index is 598. The molecular weight excluding hydrogens is 332 g/mol. The number of benzene rings is 1. The van der Waals surface area contributed by atoms with E-state index < -0.39 is 0 Å². The van der Waals surface area contributed by atoms with Crippen molar-refractivity contribution in [2.24, 2.45) is 0 Å². The van der Waals surface area contributed by atoms with Gasteiger partial charge in [-0.3, -0.25) is 4.79 Å². The molecule has 110 valence electrons. The van der Waals surface area contributed by atoms with Crippen LogP contribution in [0.25, 0.3) is 0 Å². The van der Waals surface area contributed by atoms with Crippen molar-refractivity contribution in [2.45, 2.75) is 26.3 Å². The van der Waals surface area contributed by atoms with Crippen molar-refractivity contribution in [3.63, 3.8) is 0 Å². The predicted octanol–water partition coefficient (Wildman–Crippen LogP) is 3.51. The molecule has 0 saturated carbocycles. The predicted molar refractivity (Wildman–Crippen MR) is 86.7 cm³/mol. The molecule has 0 saturated heterocycles. The molecule has 1 amide bonds. The minimum Gasteiger partial charge on any atom is -0.350 e. The molecule has 0 fully saturated rings. The van der Waals surface area contributed by atoms with Gasteiger partial charge in [-0.2, -0.15) is 0 Å². The van der Waals surface area contributed by atoms with Gasteiger partial charge in [-0.15, -0.1) is 0 Å². The van der Waals surface area contributed by atoms with Crippen molar-refractivity contribution in [1.29, 1.82) is 0 Å². The van der Waals surface area contributed by atoms with Gasteiger partial charge in [0.1, 0.15) is 0 Å². The summed E-state index contributed by atoms with van der Waals surface area (Å²) in [6.45, 7) is 3.98. The zero-order valence-electron chi connectivity index (χ0n) is 11.9. The number of anilines is 2. The molecule has 0 radical (unpaired) electrons. The number of hydrogen-bond donors (Lipinski definition) is 2. The van der Waals surface area contributed by atoms with Gasteiger partial charge >= 0.3 is 0 Å². The lowest BCUT2D eigenvalue weighted by molar-refractivity contribution is 0.0938. The Morgan fingerprint density at radius 3 is 2.43 bits per heavy atom. The molecule has 1 aromatic carbocycles. The van der Waals surface area contributed by atoms with E-state index in [1.165, 1.54) is 12.4 Å². The van der Waals surface area contributed by atoms with Crippen LogP contribution < -0.4 is 10.6 Å². The molecule has 0 aliphatic heterocycles. The highest BCUT2D eigenvalue weighted by molar-refractivity contribution is 9.10. The Hall–Kier alpha value is -1.95. The van der Waals surface area contributed by atoms with E-state index in [1.807, 2.05) is 38.1 Å². The summed E-state index contributed by atoms with van der Waals surface area (Å²) in [4.78, 5) is 20.2. The second-order valence-electron chi connectivity index (χ2n) is 4.71. The number of carbonyl (C=O) groups excluding carboxylic acids is 1. The largest absolute Gasteiger partial charge is 0.350 e. The molecule has 1 heterocycles. The summed E-state index contributed by atoms with van der Waals surface area (Å²) in [7, 11) is 0. The van der Waals surface area contributed by atoms with Crippen LogP contribution in [0.15, 0.2) is 41.1 Å². The summed E-state index contributed by atoms with van der Waals surface area (Å²) in [5, 5.41) is 5.95. The number of rotatable bonds is 5. The minimum absolute atomic E-state index is 0.137. The second kappa shape index (κ2) is 7.17. The van der Waals surface area contributed by atoms with Gasteiger partial charge < -0.3 is 10.6 Å². The van der Waals surface area contributed by atoms with Crippen molar-refractivity contribution in [1.82, 2.24) is 15.3 Å². The van der Waals surface area contributed by atoms with E-state index in [0.717, 1.165) is 16.6 Å². The van der Waals surface area contributed by atoms with Gasteiger partial charge in [-0.1, -0.05) is 22.9 Å². The van der Waals surface area contributed by atoms with Gasteiger partial charge in [-0.25, -0.2) is 9.97 Å². The monoisotopic (exact) mass is 348 g/mol. The Labute approximate surface area is 132 Å². The lowest BCUT2D eigenvalue weighted by Crippen LogP contribution is -2.32. The van der Waals surface area contributed by atoms with Crippen molar-refractivity contribution in [2.75, 3.05) is 5.32 Å². The van der Waals surface area contributed by atoms with E-state index in [-0.39, 0.29) is 11.9 Å². The van der Waals surface area contributed by atoms with Crippen molar-refractivity contribution >= 4 is 33.5 Å². The summed E-state index contributed by atoms with van der Waals surface area (Å²) in [6.07, 6.45) is 3.92. The fourth-order valence-electron chi connectivity index (χ4n) is 1.58. The molecule has 0 spiro atoms.